The molecule has 21 heavy (non-hydrogen) atoms. The van der Waals surface area contributed by atoms with E-state index in [0.29, 0.717) is 12.1 Å². The van der Waals surface area contributed by atoms with Crippen molar-refractivity contribution >= 4 is 17.6 Å². The van der Waals surface area contributed by atoms with Gasteiger partial charge in [0.15, 0.2) is 0 Å². The molecule has 2 aliphatic rings. The Balaban J connectivity index is 1.80. The largest absolute Gasteiger partial charge is 0.481 e. The van der Waals surface area contributed by atoms with Gasteiger partial charge in [0, 0.05) is 30.4 Å². The number of nitrogens with zero attached hydrogens (tertiary/aromatic N) is 2. The molecule has 3 heterocycles. The lowest BCUT2D eigenvalue weighted by Gasteiger charge is -2.40. The lowest BCUT2D eigenvalue weighted by atomic mass is 9.88. The van der Waals surface area contributed by atoms with Gasteiger partial charge in [0.2, 0.25) is 0 Å². The predicted octanol–water partition coefficient (Wildman–Crippen LogP) is 1.40. The van der Waals surface area contributed by atoms with Crippen molar-refractivity contribution in [3.63, 3.8) is 0 Å². The van der Waals surface area contributed by atoms with Crippen LogP contribution in [0.4, 0.5) is 5.69 Å². The maximum absolute atomic E-state index is 11.3. The zero-order chi connectivity index (χ0) is 15.0. The van der Waals surface area contributed by atoms with Crippen LogP contribution in [0.5, 0.6) is 0 Å². The van der Waals surface area contributed by atoms with Crippen LogP contribution in [0.1, 0.15) is 42.6 Å². The van der Waals surface area contributed by atoms with E-state index in [1.54, 1.807) is 12.3 Å². The number of nitrogens with two attached hydrogens (primary N) is 1. The Kier molecular flexibility index (Phi) is 3.53. The molecule has 0 radical (unpaired) electrons. The smallest absolute Gasteiger partial charge is 0.303 e. The van der Waals surface area contributed by atoms with Crippen LogP contribution in [-0.2, 0) is 4.79 Å². The van der Waals surface area contributed by atoms with Crippen molar-refractivity contribution in [3.8, 4) is 0 Å². The second kappa shape index (κ2) is 5.35. The Morgan fingerprint density at radius 3 is 2.57 bits per heavy atom. The SMILES string of the molecule is NC(=O)c1cc(N2C3CCC2CC(CC(=O)O)C3)ccn1. The second-order valence-electron chi connectivity index (χ2n) is 5.99. The number of hydrogen-bond acceptors (Lipinski definition) is 4. The summed E-state index contributed by atoms with van der Waals surface area (Å²) in [7, 11) is 0. The molecule has 112 valence electrons. The van der Waals surface area contributed by atoms with Gasteiger partial charge in [-0.1, -0.05) is 0 Å². The fraction of sp³-hybridized carbons (Fsp3) is 0.533. The first kappa shape index (κ1) is 13.9. The van der Waals surface area contributed by atoms with Gasteiger partial charge in [0.05, 0.1) is 0 Å². The van der Waals surface area contributed by atoms with Crippen molar-refractivity contribution in [2.75, 3.05) is 4.90 Å². The van der Waals surface area contributed by atoms with Crippen molar-refractivity contribution in [1.29, 1.82) is 0 Å². The van der Waals surface area contributed by atoms with Gasteiger partial charge in [-0.2, -0.15) is 0 Å². The minimum absolute atomic E-state index is 0.254. The molecule has 2 bridgehead atoms. The number of piperidine rings is 1. The van der Waals surface area contributed by atoms with E-state index in [4.69, 9.17) is 10.8 Å². The fourth-order valence-electron chi connectivity index (χ4n) is 3.84. The number of primary amides is 1. The Morgan fingerprint density at radius 2 is 2.00 bits per heavy atom. The molecule has 6 nitrogen and oxygen atoms in total. The number of pyridine rings is 1. The van der Waals surface area contributed by atoms with Crippen molar-refractivity contribution < 1.29 is 14.7 Å². The molecule has 0 saturated carbocycles. The standard InChI is InChI=1S/C15H19N3O3/c16-15(21)13-8-12(3-4-17-13)18-10-1-2-11(18)6-9(5-10)7-14(19)20/h3-4,8-11H,1-2,5-7H2,(H2,16,21)(H,19,20). The summed E-state index contributed by atoms with van der Waals surface area (Å²) in [5.41, 5.74) is 6.54. The summed E-state index contributed by atoms with van der Waals surface area (Å²) in [4.78, 5) is 28.5. The molecule has 1 amide bonds. The minimum Gasteiger partial charge on any atom is -0.481 e. The van der Waals surface area contributed by atoms with Gasteiger partial charge in [0.1, 0.15) is 5.69 Å². The van der Waals surface area contributed by atoms with E-state index in [1.807, 2.05) is 6.07 Å². The van der Waals surface area contributed by atoms with Crippen molar-refractivity contribution in [1.82, 2.24) is 4.98 Å². The molecular formula is C15H19N3O3. The quantitative estimate of drug-likeness (QED) is 0.873. The molecule has 3 rings (SSSR count). The third-order valence-electron chi connectivity index (χ3n) is 4.59. The number of aromatic nitrogens is 1. The molecule has 2 atom stereocenters. The zero-order valence-corrected chi connectivity index (χ0v) is 11.7. The van der Waals surface area contributed by atoms with Crippen molar-refractivity contribution in [2.45, 2.75) is 44.2 Å². The predicted molar refractivity (Wildman–Crippen MR) is 77.0 cm³/mol. The molecule has 0 aromatic carbocycles. The molecular weight excluding hydrogens is 270 g/mol. The number of carbonyl (C=O) groups excluding carboxylic acids is 1. The number of amides is 1. The molecule has 2 saturated heterocycles. The molecule has 1 aromatic heterocycles. The third kappa shape index (κ3) is 2.70. The van der Waals surface area contributed by atoms with Gasteiger partial charge in [-0.05, 0) is 43.7 Å². The molecule has 2 aliphatic heterocycles. The van der Waals surface area contributed by atoms with Crippen LogP contribution in [0.25, 0.3) is 0 Å². The van der Waals surface area contributed by atoms with Crippen LogP contribution in [-0.4, -0.2) is 34.1 Å². The van der Waals surface area contributed by atoms with E-state index in [1.165, 1.54) is 0 Å². The molecule has 1 aromatic rings. The number of aliphatic carboxylic acids is 1. The molecule has 2 fully saturated rings. The van der Waals surface area contributed by atoms with Gasteiger partial charge in [-0.15, -0.1) is 0 Å². The van der Waals surface area contributed by atoms with Crippen molar-refractivity contribution in [3.05, 3.63) is 24.0 Å². The highest BCUT2D eigenvalue weighted by Crippen LogP contribution is 2.42. The Bertz CT molecular complexity index is 561. The Labute approximate surface area is 123 Å². The van der Waals surface area contributed by atoms with Crippen LogP contribution in [0.15, 0.2) is 18.3 Å². The third-order valence-corrected chi connectivity index (χ3v) is 4.59. The average Bonchev–Trinajstić information content (AvgIpc) is 2.70. The number of fused-ring (bicyclic) bond motifs is 2. The van der Waals surface area contributed by atoms with Crippen LogP contribution in [0.3, 0.4) is 0 Å². The summed E-state index contributed by atoms with van der Waals surface area (Å²) in [5, 5.41) is 8.97. The van der Waals surface area contributed by atoms with Crippen LogP contribution in [0, 0.1) is 5.92 Å². The van der Waals surface area contributed by atoms with Gasteiger partial charge in [0.25, 0.3) is 5.91 Å². The van der Waals surface area contributed by atoms with Gasteiger partial charge in [-0.3, -0.25) is 14.6 Å². The normalized spacial score (nSPS) is 27.6. The highest BCUT2D eigenvalue weighted by molar-refractivity contribution is 5.91. The summed E-state index contributed by atoms with van der Waals surface area (Å²) in [6.07, 6.45) is 5.82. The van der Waals surface area contributed by atoms with Crippen LogP contribution in [0.2, 0.25) is 0 Å². The van der Waals surface area contributed by atoms with E-state index < -0.39 is 11.9 Å². The topological polar surface area (TPSA) is 96.5 Å². The van der Waals surface area contributed by atoms with Gasteiger partial charge >= 0.3 is 5.97 Å². The van der Waals surface area contributed by atoms with Gasteiger partial charge in [-0.25, -0.2) is 0 Å². The molecule has 0 aliphatic carbocycles. The number of anilines is 1. The minimum atomic E-state index is -0.715. The first-order chi connectivity index (χ1) is 10.0. The number of rotatable bonds is 4. The first-order valence-electron chi connectivity index (χ1n) is 7.30. The maximum atomic E-state index is 11.3. The van der Waals surface area contributed by atoms with E-state index in [-0.39, 0.29) is 18.0 Å². The van der Waals surface area contributed by atoms with E-state index in [0.717, 1.165) is 31.4 Å². The lowest BCUT2D eigenvalue weighted by Crippen LogP contribution is -2.43. The van der Waals surface area contributed by atoms with E-state index in [9.17, 15) is 9.59 Å². The Hall–Kier alpha value is -2.11. The second-order valence-corrected chi connectivity index (χ2v) is 5.99. The summed E-state index contributed by atoms with van der Waals surface area (Å²) in [6, 6.07) is 4.35. The number of carboxylic acids is 1. The first-order valence-corrected chi connectivity index (χ1v) is 7.30. The Morgan fingerprint density at radius 1 is 1.33 bits per heavy atom. The summed E-state index contributed by atoms with van der Waals surface area (Å²) >= 11 is 0. The molecule has 6 heteroatoms. The number of hydrogen-bond donors (Lipinski definition) is 2. The summed E-state index contributed by atoms with van der Waals surface area (Å²) in [5.74, 6) is -0.980. The molecule has 0 spiro atoms. The van der Waals surface area contributed by atoms with Crippen LogP contribution < -0.4 is 10.6 Å². The summed E-state index contributed by atoms with van der Waals surface area (Å²) < 4.78 is 0. The fourth-order valence-corrected chi connectivity index (χ4v) is 3.84. The van der Waals surface area contributed by atoms with Gasteiger partial charge < -0.3 is 15.7 Å². The molecule has 3 N–H and O–H groups in total. The lowest BCUT2D eigenvalue weighted by molar-refractivity contribution is -0.138. The maximum Gasteiger partial charge on any atom is 0.303 e. The molecule has 2 unspecified atom stereocenters. The van der Waals surface area contributed by atoms with Crippen LogP contribution >= 0.6 is 0 Å². The highest BCUT2D eigenvalue weighted by atomic mass is 16.4. The number of carbonyl (C=O) groups is 2. The van der Waals surface area contributed by atoms with Crippen molar-refractivity contribution in [2.24, 2.45) is 11.7 Å². The zero-order valence-electron chi connectivity index (χ0n) is 11.7. The monoisotopic (exact) mass is 289 g/mol. The number of carboxylic acid groups (broad SMARTS) is 1. The average molecular weight is 289 g/mol. The van der Waals surface area contributed by atoms with E-state index >= 15 is 0 Å². The van der Waals surface area contributed by atoms with E-state index in [2.05, 4.69) is 9.88 Å². The summed E-state index contributed by atoms with van der Waals surface area (Å²) in [6.45, 7) is 0. The highest BCUT2D eigenvalue weighted by Gasteiger charge is 2.41.